The Morgan fingerprint density at radius 1 is 1.43 bits per heavy atom. The zero-order valence-electron chi connectivity index (χ0n) is 11.9. The summed E-state index contributed by atoms with van der Waals surface area (Å²) in [5.41, 5.74) is 7.52. The van der Waals surface area contributed by atoms with Gasteiger partial charge in [0.2, 0.25) is 0 Å². The Morgan fingerprint density at radius 2 is 2.19 bits per heavy atom. The number of para-hydroxylation sites is 1. The van der Waals surface area contributed by atoms with E-state index in [-0.39, 0.29) is 22.7 Å². The Labute approximate surface area is 122 Å². The van der Waals surface area contributed by atoms with Gasteiger partial charge >= 0.3 is 5.69 Å². The molecule has 6 heteroatoms. The lowest BCUT2D eigenvalue weighted by atomic mass is 9.97. The van der Waals surface area contributed by atoms with Gasteiger partial charge < -0.3 is 10.6 Å². The number of nitro groups is 1. The highest BCUT2D eigenvalue weighted by Gasteiger charge is 2.30. The molecule has 1 aliphatic heterocycles. The largest absolute Gasteiger partial charge is 0.363 e. The number of rotatable bonds is 2. The van der Waals surface area contributed by atoms with Crippen molar-refractivity contribution in [3.63, 3.8) is 0 Å². The predicted molar refractivity (Wildman–Crippen MR) is 82.4 cm³/mol. The number of pyridine rings is 1. The van der Waals surface area contributed by atoms with E-state index in [4.69, 9.17) is 5.73 Å². The van der Waals surface area contributed by atoms with Crippen LogP contribution >= 0.6 is 0 Å². The molecule has 2 unspecified atom stereocenters. The third-order valence-corrected chi connectivity index (χ3v) is 4.13. The van der Waals surface area contributed by atoms with Gasteiger partial charge in [-0.3, -0.25) is 10.1 Å². The summed E-state index contributed by atoms with van der Waals surface area (Å²) in [7, 11) is 0. The van der Waals surface area contributed by atoms with Crippen molar-refractivity contribution < 1.29 is 4.92 Å². The smallest absolute Gasteiger partial charge is 0.311 e. The Morgan fingerprint density at radius 3 is 2.90 bits per heavy atom. The van der Waals surface area contributed by atoms with Gasteiger partial charge in [0.15, 0.2) is 0 Å². The van der Waals surface area contributed by atoms with Crippen LogP contribution in [0.15, 0.2) is 30.5 Å². The van der Waals surface area contributed by atoms with Gasteiger partial charge in [0.1, 0.15) is 11.9 Å². The van der Waals surface area contributed by atoms with Crippen molar-refractivity contribution in [1.82, 2.24) is 4.98 Å². The molecule has 2 N–H and O–H groups in total. The summed E-state index contributed by atoms with van der Waals surface area (Å²) in [5, 5.41) is 12.2. The molecule has 0 amide bonds. The van der Waals surface area contributed by atoms with E-state index in [1.54, 1.807) is 0 Å². The Balaban J connectivity index is 2.19. The molecule has 1 fully saturated rings. The molecule has 2 atom stereocenters. The van der Waals surface area contributed by atoms with Crippen LogP contribution in [-0.4, -0.2) is 28.5 Å². The van der Waals surface area contributed by atoms with Gasteiger partial charge in [-0.1, -0.05) is 18.2 Å². The molecule has 0 saturated carbocycles. The van der Waals surface area contributed by atoms with Gasteiger partial charge in [-0.2, -0.15) is 0 Å². The van der Waals surface area contributed by atoms with Crippen LogP contribution in [0.1, 0.15) is 19.8 Å². The maximum atomic E-state index is 11.4. The molecule has 0 radical (unpaired) electrons. The molecule has 3 rings (SSSR count). The fourth-order valence-corrected chi connectivity index (χ4v) is 3.09. The minimum atomic E-state index is -0.351. The third-order valence-electron chi connectivity index (χ3n) is 4.13. The van der Waals surface area contributed by atoms with Gasteiger partial charge in [-0.15, -0.1) is 0 Å². The van der Waals surface area contributed by atoms with Crippen LogP contribution in [0.5, 0.6) is 0 Å². The average molecular weight is 286 g/mol. The van der Waals surface area contributed by atoms with Crippen LogP contribution in [0.25, 0.3) is 10.9 Å². The number of aromatic nitrogens is 1. The molecule has 1 aliphatic rings. The molecule has 0 spiro atoms. The van der Waals surface area contributed by atoms with E-state index in [1.807, 2.05) is 24.3 Å². The van der Waals surface area contributed by atoms with Crippen molar-refractivity contribution in [3.8, 4) is 0 Å². The summed E-state index contributed by atoms with van der Waals surface area (Å²) >= 11 is 0. The van der Waals surface area contributed by atoms with E-state index < -0.39 is 0 Å². The van der Waals surface area contributed by atoms with Crippen LogP contribution in [0.3, 0.4) is 0 Å². The monoisotopic (exact) mass is 286 g/mol. The second-order valence-electron chi connectivity index (χ2n) is 5.59. The number of nitrogens with zero attached hydrogens (tertiary/aromatic N) is 3. The van der Waals surface area contributed by atoms with E-state index in [0.29, 0.717) is 5.69 Å². The molecule has 1 aromatic carbocycles. The van der Waals surface area contributed by atoms with Crippen molar-refractivity contribution in [1.29, 1.82) is 0 Å². The SMILES string of the molecule is CC1CC(N)CCN1c1c([N+](=O)[O-])cnc2ccccc12. The zero-order valence-corrected chi connectivity index (χ0v) is 11.9. The summed E-state index contributed by atoms with van der Waals surface area (Å²) in [6, 6.07) is 7.90. The zero-order chi connectivity index (χ0) is 15.0. The van der Waals surface area contributed by atoms with E-state index in [1.165, 1.54) is 6.20 Å². The summed E-state index contributed by atoms with van der Waals surface area (Å²) in [6.07, 6.45) is 3.05. The van der Waals surface area contributed by atoms with Crippen molar-refractivity contribution >= 4 is 22.3 Å². The topological polar surface area (TPSA) is 85.3 Å². The summed E-state index contributed by atoms with van der Waals surface area (Å²) in [5.74, 6) is 0. The molecule has 110 valence electrons. The second kappa shape index (κ2) is 5.29. The lowest BCUT2D eigenvalue weighted by Gasteiger charge is -2.38. The van der Waals surface area contributed by atoms with Crippen LogP contribution in [0.4, 0.5) is 11.4 Å². The lowest BCUT2D eigenvalue weighted by Crippen LogP contribution is -2.45. The quantitative estimate of drug-likeness (QED) is 0.677. The molecule has 6 nitrogen and oxygen atoms in total. The fourth-order valence-electron chi connectivity index (χ4n) is 3.09. The summed E-state index contributed by atoms with van der Waals surface area (Å²) < 4.78 is 0. The van der Waals surface area contributed by atoms with E-state index in [9.17, 15) is 10.1 Å². The van der Waals surface area contributed by atoms with E-state index in [0.717, 1.165) is 30.3 Å². The Kier molecular flexibility index (Phi) is 3.47. The van der Waals surface area contributed by atoms with Gasteiger partial charge in [-0.25, -0.2) is 4.98 Å². The Hall–Kier alpha value is -2.21. The first kappa shape index (κ1) is 13.8. The molecule has 2 aromatic rings. The minimum absolute atomic E-state index is 0.0658. The van der Waals surface area contributed by atoms with Crippen molar-refractivity contribution in [3.05, 3.63) is 40.6 Å². The standard InChI is InChI=1S/C15H18N4O2/c1-10-8-11(16)6-7-18(10)15-12-4-2-3-5-13(12)17-9-14(15)19(20)21/h2-5,9-11H,6-8,16H2,1H3. The molecule has 0 aliphatic carbocycles. The number of benzene rings is 1. The van der Waals surface area contributed by atoms with Crippen molar-refractivity contribution in [2.24, 2.45) is 5.73 Å². The van der Waals surface area contributed by atoms with Crippen molar-refractivity contribution in [2.75, 3.05) is 11.4 Å². The van der Waals surface area contributed by atoms with Crippen LogP contribution < -0.4 is 10.6 Å². The van der Waals surface area contributed by atoms with Gasteiger partial charge in [0.05, 0.1) is 10.4 Å². The predicted octanol–water partition coefficient (Wildman–Crippen LogP) is 2.46. The molecular weight excluding hydrogens is 268 g/mol. The van der Waals surface area contributed by atoms with Gasteiger partial charge in [0.25, 0.3) is 0 Å². The third kappa shape index (κ3) is 2.42. The highest BCUT2D eigenvalue weighted by Crippen LogP contribution is 2.37. The summed E-state index contributed by atoms with van der Waals surface area (Å²) in [6.45, 7) is 2.80. The summed E-state index contributed by atoms with van der Waals surface area (Å²) in [4.78, 5) is 17.3. The molecule has 0 bridgehead atoms. The first-order valence-electron chi connectivity index (χ1n) is 7.12. The van der Waals surface area contributed by atoms with Gasteiger partial charge in [0, 0.05) is 24.0 Å². The second-order valence-corrected chi connectivity index (χ2v) is 5.59. The number of piperidine rings is 1. The number of fused-ring (bicyclic) bond motifs is 1. The van der Waals surface area contributed by atoms with Crippen LogP contribution in [-0.2, 0) is 0 Å². The van der Waals surface area contributed by atoms with Gasteiger partial charge in [-0.05, 0) is 25.8 Å². The van der Waals surface area contributed by atoms with E-state index in [2.05, 4.69) is 16.8 Å². The lowest BCUT2D eigenvalue weighted by molar-refractivity contribution is -0.384. The first-order chi connectivity index (χ1) is 10.1. The minimum Gasteiger partial charge on any atom is -0.363 e. The maximum absolute atomic E-state index is 11.4. The molecule has 1 saturated heterocycles. The number of nitrogens with two attached hydrogens (primary N) is 1. The number of hydrogen-bond acceptors (Lipinski definition) is 5. The molecular formula is C15H18N4O2. The fraction of sp³-hybridized carbons (Fsp3) is 0.400. The van der Waals surface area contributed by atoms with Crippen LogP contribution in [0, 0.1) is 10.1 Å². The Bertz CT molecular complexity index is 688. The van der Waals surface area contributed by atoms with Crippen molar-refractivity contribution in [2.45, 2.75) is 31.8 Å². The maximum Gasteiger partial charge on any atom is 0.311 e. The van der Waals surface area contributed by atoms with E-state index >= 15 is 0 Å². The average Bonchev–Trinajstić information content (AvgIpc) is 2.46. The molecule has 21 heavy (non-hydrogen) atoms. The van der Waals surface area contributed by atoms with Crippen LogP contribution in [0.2, 0.25) is 0 Å². The normalized spacial score (nSPS) is 22.5. The first-order valence-corrected chi connectivity index (χ1v) is 7.12. The molecule has 2 heterocycles. The highest BCUT2D eigenvalue weighted by atomic mass is 16.6. The molecule has 1 aromatic heterocycles. The number of anilines is 1. The number of hydrogen-bond donors (Lipinski definition) is 1. The highest BCUT2D eigenvalue weighted by molar-refractivity contribution is 5.96.